The largest absolute Gasteiger partial charge is 0.296 e. The van der Waals surface area contributed by atoms with E-state index in [0.29, 0.717) is 11.1 Å². The summed E-state index contributed by atoms with van der Waals surface area (Å²) in [6.45, 7) is 0. The lowest BCUT2D eigenvalue weighted by Crippen LogP contribution is -1.98. The smallest absolute Gasteiger partial charge is 0.258 e. The molecule has 0 unspecified atom stereocenters. The van der Waals surface area contributed by atoms with Gasteiger partial charge in [-0.15, -0.1) is 0 Å². The molecule has 4 nitrogen and oxygen atoms in total. The highest BCUT2D eigenvalue weighted by molar-refractivity contribution is 6.47. The zero-order chi connectivity index (χ0) is 19.9. The van der Waals surface area contributed by atoms with Crippen molar-refractivity contribution in [1.29, 1.82) is 0 Å². The summed E-state index contributed by atoms with van der Waals surface area (Å²) in [7, 11) is 0. The molecular formula is C17H6Cl6N2O2. The SMILES string of the molecule is O=[N+]([O-])c1cc(-c2c(Cl)ccc(Cl)c2Cl)cnc1-c1c(Cl)ccc(Cl)c1Cl. The van der Waals surface area contributed by atoms with Crippen LogP contribution < -0.4 is 0 Å². The molecule has 0 bridgehead atoms. The van der Waals surface area contributed by atoms with E-state index >= 15 is 0 Å². The van der Waals surface area contributed by atoms with E-state index in [-0.39, 0.29) is 47.1 Å². The number of halogens is 6. The van der Waals surface area contributed by atoms with Crippen molar-refractivity contribution >= 4 is 75.3 Å². The summed E-state index contributed by atoms with van der Waals surface area (Å²) in [5.41, 5.74) is 0.432. The molecule has 0 saturated carbocycles. The van der Waals surface area contributed by atoms with Gasteiger partial charge in [-0.25, -0.2) is 4.98 Å². The number of nitro groups is 1. The lowest BCUT2D eigenvalue weighted by molar-refractivity contribution is -0.384. The van der Waals surface area contributed by atoms with E-state index in [1.54, 1.807) is 0 Å². The van der Waals surface area contributed by atoms with Crippen LogP contribution in [0.25, 0.3) is 22.4 Å². The van der Waals surface area contributed by atoms with E-state index in [9.17, 15) is 10.1 Å². The van der Waals surface area contributed by atoms with Crippen LogP contribution in [0.3, 0.4) is 0 Å². The summed E-state index contributed by atoms with van der Waals surface area (Å²) in [5.74, 6) is 0. The average molecular weight is 483 g/mol. The van der Waals surface area contributed by atoms with Crippen molar-refractivity contribution in [2.24, 2.45) is 0 Å². The number of benzene rings is 2. The Hall–Kier alpha value is -1.27. The lowest BCUT2D eigenvalue weighted by atomic mass is 10.0. The fourth-order valence-electron chi connectivity index (χ4n) is 2.46. The third-order valence-corrected chi connectivity index (χ3v) is 5.92. The number of rotatable bonds is 3. The zero-order valence-corrected chi connectivity index (χ0v) is 17.5. The molecular weight excluding hydrogens is 477 g/mol. The van der Waals surface area contributed by atoms with E-state index in [0.717, 1.165) is 0 Å². The van der Waals surface area contributed by atoms with Gasteiger partial charge >= 0.3 is 0 Å². The minimum absolute atomic E-state index is 0.0319. The molecule has 0 aliphatic heterocycles. The molecule has 138 valence electrons. The molecule has 0 aliphatic rings. The molecule has 0 atom stereocenters. The van der Waals surface area contributed by atoms with Gasteiger partial charge in [-0.05, 0) is 24.3 Å². The van der Waals surface area contributed by atoms with Crippen molar-refractivity contribution in [3.05, 3.63) is 76.8 Å². The molecule has 0 radical (unpaired) electrons. The predicted molar refractivity (Wildman–Crippen MR) is 112 cm³/mol. The maximum Gasteiger partial charge on any atom is 0.296 e. The highest BCUT2D eigenvalue weighted by Gasteiger charge is 2.25. The van der Waals surface area contributed by atoms with Gasteiger partial charge in [0.15, 0.2) is 5.69 Å². The molecule has 1 aromatic heterocycles. The Labute approximate surface area is 183 Å². The molecule has 0 spiro atoms. The number of pyridine rings is 1. The molecule has 3 rings (SSSR count). The highest BCUT2D eigenvalue weighted by atomic mass is 35.5. The Kier molecular flexibility index (Phi) is 6.06. The second-order valence-corrected chi connectivity index (χ2v) is 7.67. The average Bonchev–Trinajstić information content (AvgIpc) is 2.62. The van der Waals surface area contributed by atoms with Crippen LogP contribution in [0.5, 0.6) is 0 Å². The fourth-order valence-corrected chi connectivity index (χ4v) is 3.91. The Balaban J connectivity index is 2.30. The summed E-state index contributed by atoms with van der Waals surface area (Å²) in [4.78, 5) is 15.3. The van der Waals surface area contributed by atoms with Crippen LogP contribution in [0, 0.1) is 10.1 Å². The Morgan fingerprint density at radius 3 is 1.81 bits per heavy atom. The topological polar surface area (TPSA) is 56.0 Å². The van der Waals surface area contributed by atoms with Gasteiger partial charge in [0.05, 0.1) is 35.1 Å². The first-order chi connectivity index (χ1) is 12.7. The quantitative estimate of drug-likeness (QED) is 0.214. The van der Waals surface area contributed by atoms with Crippen LogP contribution in [-0.4, -0.2) is 9.91 Å². The van der Waals surface area contributed by atoms with Crippen molar-refractivity contribution in [3.8, 4) is 22.4 Å². The summed E-state index contributed by atoms with van der Waals surface area (Å²) < 4.78 is 0. The monoisotopic (exact) mass is 480 g/mol. The predicted octanol–water partition coefficient (Wildman–Crippen LogP) is 8.24. The van der Waals surface area contributed by atoms with Gasteiger partial charge in [0.1, 0.15) is 0 Å². The van der Waals surface area contributed by atoms with Crippen LogP contribution in [-0.2, 0) is 0 Å². The van der Waals surface area contributed by atoms with Crippen molar-refractivity contribution in [3.63, 3.8) is 0 Å². The molecule has 0 fully saturated rings. The molecule has 2 aromatic carbocycles. The molecule has 10 heteroatoms. The maximum absolute atomic E-state index is 11.7. The van der Waals surface area contributed by atoms with Crippen molar-refractivity contribution in [2.75, 3.05) is 0 Å². The molecule has 0 N–H and O–H groups in total. The molecule has 0 amide bonds. The van der Waals surface area contributed by atoms with Crippen LogP contribution in [0.4, 0.5) is 5.69 Å². The standard InChI is InChI=1S/C17H6Cl6N2O2/c18-8-1-3-10(20)15(22)13(8)7-5-12(25(26)27)17(24-6-7)14-9(19)2-4-11(21)16(14)23/h1-6H. The van der Waals surface area contributed by atoms with Crippen LogP contribution in [0.15, 0.2) is 36.5 Å². The number of aromatic nitrogens is 1. The van der Waals surface area contributed by atoms with Crippen LogP contribution in [0.2, 0.25) is 30.1 Å². The second kappa shape index (κ2) is 8.00. The molecule has 27 heavy (non-hydrogen) atoms. The van der Waals surface area contributed by atoms with Gasteiger partial charge in [-0.3, -0.25) is 10.1 Å². The Morgan fingerprint density at radius 1 is 0.778 bits per heavy atom. The van der Waals surface area contributed by atoms with Gasteiger partial charge in [-0.2, -0.15) is 0 Å². The fraction of sp³-hybridized carbons (Fsp3) is 0. The first-order valence-electron chi connectivity index (χ1n) is 7.14. The molecule has 0 saturated heterocycles. The van der Waals surface area contributed by atoms with Gasteiger partial charge in [0.2, 0.25) is 0 Å². The summed E-state index contributed by atoms with van der Waals surface area (Å²) >= 11 is 36.8. The van der Waals surface area contributed by atoms with Crippen molar-refractivity contribution in [2.45, 2.75) is 0 Å². The number of nitrogens with zero attached hydrogens (tertiary/aromatic N) is 2. The van der Waals surface area contributed by atoms with E-state index in [1.165, 1.54) is 36.5 Å². The van der Waals surface area contributed by atoms with Gasteiger partial charge < -0.3 is 0 Å². The van der Waals surface area contributed by atoms with E-state index in [4.69, 9.17) is 69.6 Å². The lowest BCUT2D eigenvalue weighted by Gasteiger charge is -2.12. The first-order valence-corrected chi connectivity index (χ1v) is 9.41. The molecule has 3 aromatic rings. The highest BCUT2D eigenvalue weighted by Crippen LogP contribution is 2.44. The molecule has 1 heterocycles. The van der Waals surface area contributed by atoms with Crippen molar-refractivity contribution in [1.82, 2.24) is 4.98 Å². The maximum atomic E-state index is 11.7. The third-order valence-electron chi connectivity index (χ3n) is 3.68. The van der Waals surface area contributed by atoms with Gasteiger partial charge in [0.25, 0.3) is 5.69 Å². The van der Waals surface area contributed by atoms with E-state index in [1.807, 2.05) is 0 Å². The Bertz CT molecular complexity index is 1090. The van der Waals surface area contributed by atoms with Gasteiger partial charge in [-0.1, -0.05) is 69.6 Å². The van der Waals surface area contributed by atoms with Crippen molar-refractivity contribution < 1.29 is 4.92 Å². The van der Waals surface area contributed by atoms with E-state index in [2.05, 4.69) is 4.98 Å². The van der Waals surface area contributed by atoms with E-state index < -0.39 is 4.92 Å². The molecule has 0 aliphatic carbocycles. The second-order valence-electron chi connectivity index (χ2n) is 5.29. The normalized spacial score (nSPS) is 10.9. The van der Waals surface area contributed by atoms with Gasteiger partial charge in [0, 0.05) is 29.0 Å². The van der Waals surface area contributed by atoms with Crippen LogP contribution in [0.1, 0.15) is 0 Å². The summed E-state index contributed by atoms with van der Waals surface area (Å²) in [5, 5.41) is 12.8. The summed E-state index contributed by atoms with van der Waals surface area (Å²) in [6, 6.07) is 7.31. The minimum atomic E-state index is -0.605. The first kappa shape index (κ1) is 20.5. The number of hydrogen-bond acceptors (Lipinski definition) is 3. The number of hydrogen-bond donors (Lipinski definition) is 0. The third kappa shape index (κ3) is 3.83. The zero-order valence-electron chi connectivity index (χ0n) is 12.9. The van der Waals surface area contributed by atoms with Crippen LogP contribution >= 0.6 is 69.6 Å². The summed E-state index contributed by atoms with van der Waals surface area (Å²) in [6.07, 6.45) is 1.37. The Morgan fingerprint density at radius 2 is 1.26 bits per heavy atom. The minimum Gasteiger partial charge on any atom is -0.258 e.